The van der Waals surface area contributed by atoms with E-state index in [-0.39, 0.29) is 24.0 Å². The first-order valence-electron chi connectivity index (χ1n) is 10.5. The molecular weight excluding hydrogens is 495 g/mol. The van der Waals surface area contributed by atoms with E-state index in [1.54, 1.807) is 21.3 Å². The molecule has 0 atom stereocenters. The first kappa shape index (κ1) is 26.6. The van der Waals surface area contributed by atoms with E-state index in [4.69, 9.17) is 14.2 Å². The quantitative estimate of drug-likeness (QED) is 0.288. The minimum atomic E-state index is 0. The summed E-state index contributed by atoms with van der Waals surface area (Å²) >= 11 is 0. The molecule has 0 radical (unpaired) electrons. The van der Waals surface area contributed by atoms with Crippen molar-refractivity contribution >= 4 is 29.9 Å². The zero-order valence-corrected chi connectivity index (χ0v) is 21.6. The number of nitrogens with zero attached hydrogens (tertiary/aromatic N) is 2. The topological polar surface area (TPSA) is 67.4 Å². The summed E-state index contributed by atoms with van der Waals surface area (Å²) in [5.74, 6) is 3.82. The molecule has 7 nitrogen and oxygen atoms in total. The van der Waals surface area contributed by atoms with Gasteiger partial charge in [-0.25, -0.2) is 0 Å². The Morgan fingerprint density at radius 3 is 2.17 bits per heavy atom. The Hall–Kier alpha value is -1.42. The maximum Gasteiger partial charge on any atom is 0.191 e. The molecule has 0 amide bonds. The minimum Gasteiger partial charge on any atom is -0.496 e. The van der Waals surface area contributed by atoms with Crippen molar-refractivity contribution < 1.29 is 14.2 Å². The standard InChI is InChI=1S/C22H38N4O3.HI/c1-16(2)15-26-11-8-17(9-12-26)25-22(23-3)24-10-7-19-20(28-5)13-18(27-4)14-21(19)29-6;/h13-14,16-17H,7-12,15H2,1-6H3,(H2,23,24,25);1H. The van der Waals surface area contributed by atoms with Crippen molar-refractivity contribution in [3.63, 3.8) is 0 Å². The molecule has 0 saturated carbocycles. The smallest absolute Gasteiger partial charge is 0.191 e. The molecule has 0 aromatic heterocycles. The van der Waals surface area contributed by atoms with Crippen LogP contribution < -0.4 is 24.8 Å². The molecule has 1 saturated heterocycles. The summed E-state index contributed by atoms with van der Waals surface area (Å²) in [6.45, 7) is 8.77. The number of likely N-dealkylation sites (tertiary alicyclic amines) is 1. The number of hydrogen-bond donors (Lipinski definition) is 2. The average molecular weight is 534 g/mol. The van der Waals surface area contributed by atoms with Gasteiger partial charge in [-0.3, -0.25) is 4.99 Å². The van der Waals surface area contributed by atoms with Crippen molar-refractivity contribution in [1.82, 2.24) is 15.5 Å². The lowest BCUT2D eigenvalue weighted by atomic mass is 10.0. The number of nitrogens with one attached hydrogen (secondary N) is 2. The Labute approximate surface area is 199 Å². The zero-order chi connectivity index (χ0) is 21.2. The predicted octanol–water partition coefficient (Wildman–Crippen LogP) is 3.16. The van der Waals surface area contributed by atoms with E-state index < -0.39 is 0 Å². The van der Waals surface area contributed by atoms with E-state index >= 15 is 0 Å². The van der Waals surface area contributed by atoms with E-state index in [9.17, 15) is 0 Å². The normalized spacial score (nSPS) is 15.5. The van der Waals surface area contributed by atoms with Gasteiger partial charge in [0.05, 0.1) is 21.3 Å². The molecule has 0 bridgehead atoms. The highest BCUT2D eigenvalue weighted by Crippen LogP contribution is 2.34. The van der Waals surface area contributed by atoms with Crippen LogP contribution in [0.25, 0.3) is 0 Å². The molecule has 1 aromatic rings. The predicted molar refractivity (Wildman–Crippen MR) is 134 cm³/mol. The van der Waals surface area contributed by atoms with Crippen LogP contribution in [-0.4, -0.2) is 71.5 Å². The van der Waals surface area contributed by atoms with Gasteiger partial charge in [0.1, 0.15) is 17.2 Å². The first-order chi connectivity index (χ1) is 14.0. The van der Waals surface area contributed by atoms with Crippen LogP contribution in [0.15, 0.2) is 17.1 Å². The van der Waals surface area contributed by atoms with E-state index in [0.29, 0.717) is 6.04 Å². The number of halogens is 1. The minimum absolute atomic E-state index is 0. The number of rotatable bonds is 9. The maximum absolute atomic E-state index is 5.53. The fraction of sp³-hybridized carbons (Fsp3) is 0.682. The summed E-state index contributed by atoms with van der Waals surface area (Å²) in [5, 5.41) is 6.99. The molecule has 8 heteroatoms. The van der Waals surface area contributed by atoms with Crippen molar-refractivity contribution in [3.8, 4) is 17.2 Å². The fourth-order valence-corrected chi connectivity index (χ4v) is 3.79. The van der Waals surface area contributed by atoms with E-state index in [2.05, 4.69) is 34.4 Å². The third-order valence-corrected chi connectivity index (χ3v) is 5.26. The van der Waals surface area contributed by atoms with Crippen molar-refractivity contribution in [1.29, 1.82) is 0 Å². The highest BCUT2D eigenvalue weighted by molar-refractivity contribution is 14.0. The van der Waals surface area contributed by atoms with Crippen LogP contribution in [0.4, 0.5) is 0 Å². The number of methoxy groups -OCH3 is 3. The second kappa shape index (κ2) is 13.8. The lowest BCUT2D eigenvalue weighted by Gasteiger charge is -2.34. The molecule has 2 rings (SSSR count). The van der Waals surface area contributed by atoms with Crippen molar-refractivity contribution in [2.24, 2.45) is 10.9 Å². The number of hydrogen-bond acceptors (Lipinski definition) is 5. The fourth-order valence-electron chi connectivity index (χ4n) is 3.79. The monoisotopic (exact) mass is 534 g/mol. The Morgan fingerprint density at radius 2 is 1.70 bits per heavy atom. The Bertz CT molecular complexity index is 637. The van der Waals surface area contributed by atoms with Gasteiger partial charge in [-0.05, 0) is 25.2 Å². The summed E-state index contributed by atoms with van der Waals surface area (Å²) in [6, 6.07) is 4.24. The summed E-state index contributed by atoms with van der Waals surface area (Å²) in [5.41, 5.74) is 1.01. The van der Waals surface area contributed by atoms with Crippen LogP contribution in [0, 0.1) is 5.92 Å². The Kier molecular flexibility index (Phi) is 12.2. The molecule has 1 aromatic carbocycles. The largest absolute Gasteiger partial charge is 0.496 e. The first-order valence-corrected chi connectivity index (χ1v) is 10.5. The number of guanidine groups is 1. The average Bonchev–Trinajstić information content (AvgIpc) is 2.73. The van der Waals surface area contributed by atoms with Crippen LogP contribution in [0.5, 0.6) is 17.2 Å². The van der Waals surface area contributed by atoms with Gasteiger partial charge in [-0.2, -0.15) is 0 Å². The Morgan fingerprint density at radius 1 is 1.10 bits per heavy atom. The van der Waals surface area contributed by atoms with Crippen molar-refractivity contribution in [3.05, 3.63) is 17.7 Å². The van der Waals surface area contributed by atoms with E-state index in [1.807, 2.05) is 19.2 Å². The molecule has 1 fully saturated rings. The SMILES string of the molecule is CN=C(NCCc1c(OC)cc(OC)cc1OC)NC1CCN(CC(C)C)CC1.I. The molecule has 2 N–H and O–H groups in total. The number of benzene rings is 1. The molecule has 0 unspecified atom stereocenters. The van der Waals surface area contributed by atoms with Crippen LogP contribution >= 0.6 is 24.0 Å². The molecule has 1 heterocycles. The highest BCUT2D eigenvalue weighted by atomic mass is 127. The molecule has 1 aliphatic rings. The van der Waals surface area contributed by atoms with Gasteiger partial charge < -0.3 is 29.7 Å². The lowest BCUT2D eigenvalue weighted by molar-refractivity contribution is 0.187. The van der Waals surface area contributed by atoms with Crippen LogP contribution in [0.2, 0.25) is 0 Å². The summed E-state index contributed by atoms with van der Waals surface area (Å²) in [7, 11) is 6.78. The number of piperidine rings is 1. The van der Waals surface area contributed by atoms with Gasteiger partial charge >= 0.3 is 0 Å². The maximum atomic E-state index is 5.53. The van der Waals surface area contributed by atoms with Gasteiger partial charge in [0.15, 0.2) is 5.96 Å². The van der Waals surface area contributed by atoms with Gasteiger partial charge in [0, 0.05) is 57.0 Å². The molecule has 1 aliphatic heterocycles. The molecule has 30 heavy (non-hydrogen) atoms. The van der Waals surface area contributed by atoms with Crippen LogP contribution in [-0.2, 0) is 6.42 Å². The zero-order valence-electron chi connectivity index (χ0n) is 19.3. The summed E-state index contributed by atoms with van der Waals surface area (Å²) in [6.07, 6.45) is 3.05. The summed E-state index contributed by atoms with van der Waals surface area (Å²) in [4.78, 5) is 6.95. The van der Waals surface area contributed by atoms with Crippen molar-refractivity contribution in [2.45, 2.75) is 39.2 Å². The molecular formula is C22H39IN4O3. The van der Waals surface area contributed by atoms with E-state index in [0.717, 1.165) is 73.6 Å². The van der Waals surface area contributed by atoms with Crippen molar-refractivity contribution in [2.75, 3.05) is 54.6 Å². The van der Waals surface area contributed by atoms with E-state index in [1.165, 1.54) is 6.54 Å². The van der Waals surface area contributed by atoms with Gasteiger partial charge in [-0.1, -0.05) is 13.8 Å². The van der Waals surface area contributed by atoms with Crippen LogP contribution in [0.1, 0.15) is 32.3 Å². The molecule has 0 spiro atoms. The second-order valence-electron chi connectivity index (χ2n) is 7.87. The highest BCUT2D eigenvalue weighted by Gasteiger charge is 2.20. The number of ether oxygens (including phenoxy) is 3. The van der Waals surface area contributed by atoms with Gasteiger partial charge in [0.2, 0.25) is 0 Å². The third-order valence-electron chi connectivity index (χ3n) is 5.26. The lowest BCUT2D eigenvalue weighted by Crippen LogP contribution is -2.49. The second-order valence-corrected chi connectivity index (χ2v) is 7.87. The van der Waals surface area contributed by atoms with Gasteiger partial charge in [0.25, 0.3) is 0 Å². The van der Waals surface area contributed by atoms with Crippen LogP contribution in [0.3, 0.4) is 0 Å². The third kappa shape index (κ3) is 8.02. The number of aliphatic imine (C=N–C) groups is 1. The Balaban J connectivity index is 0.00000450. The molecule has 0 aliphatic carbocycles. The summed E-state index contributed by atoms with van der Waals surface area (Å²) < 4.78 is 16.4. The molecule has 172 valence electrons. The van der Waals surface area contributed by atoms with Gasteiger partial charge in [-0.15, -0.1) is 24.0 Å².